The number of hydrogen-bond donors (Lipinski definition) is 2. The average Bonchev–Trinajstić information content (AvgIpc) is 3.12. The van der Waals surface area contributed by atoms with E-state index in [0.717, 1.165) is 6.61 Å². The number of carbonyl (C=O) groups excluding carboxylic acids is 2. The number of nitrogens with zero attached hydrogens (tertiary/aromatic N) is 4. The molecule has 2 unspecified atom stereocenters. The zero-order valence-corrected chi connectivity index (χ0v) is 12.1. The second-order valence-corrected chi connectivity index (χ2v) is 5.49. The highest BCUT2D eigenvalue weighted by molar-refractivity contribution is 6.16. The molecule has 2 aliphatic heterocycles. The predicted octanol–water partition coefficient (Wildman–Crippen LogP) is -0.576. The van der Waals surface area contributed by atoms with Crippen LogP contribution in [0, 0.1) is 0 Å². The minimum atomic E-state index is -0.881. The number of fused-ring (bicyclic) bond motifs is 1. The first-order valence-corrected chi connectivity index (χ1v) is 7.24. The number of carbonyl (C=O) groups is 2. The molecule has 0 radical (unpaired) electrons. The van der Waals surface area contributed by atoms with Gasteiger partial charge in [-0.1, -0.05) is 5.21 Å². The van der Waals surface area contributed by atoms with Crippen molar-refractivity contribution in [2.45, 2.75) is 25.1 Å². The van der Waals surface area contributed by atoms with E-state index >= 15 is 0 Å². The Labute approximate surface area is 131 Å². The van der Waals surface area contributed by atoms with Gasteiger partial charge in [0.1, 0.15) is 17.7 Å². The standard InChI is InChI=1S/C14H14N6O3/c21-13(12-10-4-15-2-1-11(10)17-14(12)22)16-3-8-5-20(19-18-8)6-9-7-23-9/h1-2,4-5,9,12H,3,6-7H2,(H,16,21)(H,17,22). The van der Waals surface area contributed by atoms with Crippen molar-refractivity contribution in [1.29, 1.82) is 0 Å². The van der Waals surface area contributed by atoms with Crippen LogP contribution in [-0.2, 0) is 27.4 Å². The second-order valence-electron chi connectivity index (χ2n) is 5.49. The van der Waals surface area contributed by atoms with Gasteiger partial charge in [0.2, 0.25) is 11.8 Å². The molecule has 1 saturated heterocycles. The summed E-state index contributed by atoms with van der Waals surface area (Å²) in [6.07, 6.45) is 5.07. The fraction of sp³-hybridized carbons (Fsp3) is 0.357. The molecule has 4 rings (SSSR count). The van der Waals surface area contributed by atoms with Gasteiger partial charge in [0, 0.05) is 23.6 Å². The number of aromatic nitrogens is 4. The maximum Gasteiger partial charge on any atom is 0.241 e. The monoisotopic (exact) mass is 314 g/mol. The number of epoxide rings is 1. The lowest BCUT2D eigenvalue weighted by molar-refractivity contribution is -0.128. The van der Waals surface area contributed by atoms with Crippen LogP contribution in [0.4, 0.5) is 5.69 Å². The van der Waals surface area contributed by atoms with E-state index in [1.807, 2.05) is 0 Å². The summed E-state index contributed by atoms with van der Waals surface area (Å²) in [5.74, 6) is -1.61. The normalized spacial score (nSPS) is 21.7. The van der Waals surface area contributed by atoms with Crippen LogP contribution < -0.4 is 10.6 Å². The molecule has 0 saturated carbocycles. The van der Waals surface area contributed by atoms with E-state index in [1.165, 1.54) is 6.20 Å². The van der Waals surface area contributed by atoms with E-state index in [4.69, 9.17) is 4.74 Å². The van der Waals surface area contributed by atoms with E-state index in [-0.39, 0.29) is 24.5 Å². The SMILES string of the molecule is O=C(NCc1cn(CC2CO2)nn1)C1C(=O)Nc2ccncc21. The van der Waals surface area contributed by atoms with Crippen molar-refractivity contribution in [3.8, 4) is 0 Å². The lowest BCUT2D eigenvalue weighted by Crippen LogP contribution is -2.32. The van der Waals surface area contributed by atoms with Gasteiger partial charge in [0.05, 0.1) is 25.9 Å². The first kappa shape index (κ1) is 13.8. The van der Waals surface area contributed by atoms with Crippen molar-refractivity contribution in [1.82, 2.24) is 25.3 Å². The highest BCUT2D eigenvalue weighted by atomic mass is 16.6. The van der Waals surface area contributed by atoms with Crippen LogP contribution in [0.5, 0.6) is 0 Å². The maximum absolute atomic E-state index is 12.3. The van der Waals surface area contributed by atoms with Gasteiger partial charge < -0.3 is 15.4 Å². The predicted molar refractivity (Wildman–Crippen MR) is 77.2 cm³/mol. The number of nitrogens with one attached hydrogen (secondary N) is 2. The van der Waals surface area contributed by atoms with Gasteiger partial charge in [0.15, 0.2) is 0 Å². The van der Waals surface area contributed by atoms with Crippen molar-refractivity contribution < 1.29 is 14.3 Å². The Balaban J connectivity index is 1.40. The van der Waals surface area contributed by atoms with Gasteiger partial charge in [-0.25, -0.2) is 4.68 Å². The summed E-state index contributed by atoms with van der Waals surface area (Å²) in [6.45, 7) is 1.62. The highest BCUT2D eigenvalue weighted by Crippen LogP contribution is 2.31. The summed E-state index contributed by atoms with van der Waals surface area (Å²) >= 11 is 0. The number of hydrogen-bond acceptors (Lipinski definition) is 6. The largest absolute Gasteiger partial charge is 0.371 e. The van der Waals surface area contributed by atoms with Gasteiger partial charge in [-0.05, 0) is 6.07 Å². The summed E-state index contributed by atoms with van der Waals surface area (Å²) in [7, 11) is 0. The molecule has 0 bridgehead atoms. The molecule has 2 aromatic rings. The Morgan fingerprint density at radius 1 is 1.52 bits per heavy atom. The van der Waals surface area contributed by atoms with Gasteiger partial charge in [-0.15, -0.1) is 5.10 Å². The number of amides is 2. The Morgan fingerprint density at radius 3 is 3.22 bits per heavy atom. The highest BCUT2D eigenvalue weighted by Gasteiger charge is 2.36. The Hall–Kier alpha value is -2.81. The summed E-state index contributed by atoms with van der Waals surface area (Å²) < 4.78 is 6.80. The van der Waals surface area contributed by atoms with Crippen LogP contribution in [0.2, 0.25) is 0 Å². The van der Waals surface area contributed by atoms with Crippen molar-refractivity contribution >= 4 is 17.5 Å². The Morgan fingerprint density at radius 2 is 2.39 bits per heavy atom. The topological polar surface area (TPSA) is 114 Å². The summed E-state index contributed by atoms with van der Waals surface area (Å²) in [5.41, 5.74) is 1.84. The minimum Gasteiger partial charge on any atom is -0.371 e. The van der Waals surface area contributed by atoms with E-state index < -0.39 is 5.92 Å². The van der Waals surface area contributed by atoms with E-state index in [2.05, 4.69) is 25.9 Å². The third-order valence-electron chi connectivity index (χ3n) is 3.77. The van der Waals surface area contributed by atoms with E-state index in [1.54, 1.807) is 23.1 Å². The molecule has 2 N–H and O–H groups in total. The fourth-order valence-electron chi connectivity index (χ4n) is 2.53. The van der Waals surface area contributed by atoms with Gasteiger partial charge in [-0.3, -0.25) is 14.6 Å². The molecular weight excluding hydrogens is 300 g/mol. The lowest BCUT2D eigenvalue weighted by atomic mass is 10.0. The van der Waals surface area contributed by atoms with Gasteiger partial charge >= 0.3 is 0 Å². The van der Waals surface area contributed by atoms with Crippen molar-refractivity contribution in [3.05, 3.63) is 35.9 Å². The van der Waals surface area contributed by atoms with Crippen molar-refractivity contribution in [2.24, 2.45) is 0 Å². The summed E-state index contributed by atoms with van der Waals surface area (Å²) in [5, 5.41) is 13.4. The van der Waals surface area contributed by atoms with Crippen LogP contribution in [0.3, 0.4) is 0 Å². The smallest absolute Gasteiger partial charge is 0.241 e. The summed E-state index contributed by atoms with van der Waals surface area (Å²) in [4.78, 5) is 28.3. The maximum atomic E-state index is 12.3. The molecule has 2 amide bonds. The van der Waals surface area contributed by atoms with Crippen LogP contribution in [-0.4, -0.2) is 44.5 Å². The lowest BCUT2D eigenvalue weighted by Gasteiger charge is -2.08. The number of pyridine rings is 1. The first-order chi connectivity index (χ1) is 11.2. The number of anilines is 1. The van der Waals surface area contributed by atoms with E-state index in [0.29, 0.717) is 23.5 Å². The molecule has 23 heavy (non-hydrogen) atoms. The fourth-order valence-corrected chi connectivity index (χ4v) is 2.53. The molecule has 0 aliphatic carbocycles. The second kappa shape index (κ2) is 5.43. The summed E-state index contributed by atoms with van der Waals surface area (Å²) in [6, 6.07) is 1.67. The molecule has 0 aromatic carbocycles. The zero-order chi connectivity index (χ0) is 15.8. The molecule has 4 heterocycles. The van der Waals surface area contributed by atoms with Crippen LogP contribution >= 0.6 is 0 Å². The number of ether oxygens (including phenoxy) is 1. The third kappa shape index (κ3) is 2.78. The molecule has 0 spiro atoms. The molecule has 2 aromatic heterocycles. The molecule has 2 atom stereocenters. The molecule has 9 nitrogen and oxygen atoms in total. The number of rotatable bonds is 5. The Bertz CT molecular complexity index is 769. The Kier molecular flexibility index (Phi) is 3.27. The molecule has 2 aliphatic rings. The first-order valence-electron chi connectivity index (χ1n) is 7.24. The average molecular weight is 314 g/mol. The quantitative estimate of drug-likeness (QED) is 0.564. The molecule has 9 heteroatoms. The van der Waals surface area contributed by atoms with Crippen LogP contribution in [0.25, 0.3) is 0 Å². The van der Waals surface area contributed by atoms with Gasteiger partial charge in [-0.2, -0.15) is 0 Å². The third-order valence-corrected chi connectivity index (χ3v) is 3.77. The van der Waals surface area contributed by atoms with Crippen LogP contribution in [0.1, 0.15) is 17.2 Å². The van der Waals surface area contributed by atoms with Crippen molar-refractivity contribution in [3.63, 3.8) is 0 Å². The minimum absolute atomic E-state index is 0.212. The molecule has 118 valence electrons. The molecular formula is C14H14N6O3. The molecule has 1 fully saturated rings. The zero-order valence-electron chi connectivity index (χ0n) is 12.1. The van der Waals surface area contributed by atoms with Gasteiger partial charge in [0.25, 0.3) is 0 Å². The van der Waals surface area contributed by atoms with Crippen molar-refractivity contribution in [2.75, 3.05) is 11.9 Å². The van der Waals surface area contributed by atoms with Crippen LogP contribution in [0.15, 0.2) is 24.7 Å². The van der Waals surface area contributed by atoms with E-state index in [9.17, 15) is 9.59 Å².